The highest BCUT2D eigenvalue weighted by molar-refractivity contribution is 5.96. The number of nitrogens with two attached hydrogens (primary N) is 2. The number of halogens is 4. The van der Waals surface area contributed by atoms with Crippen LogP contribution in [0.1, 0.15) is 44.2 Å². The molecule has 0 bridgehead atoms. The molecule has 1 amide bonds. The summed E-state index contributed by atoms with van der Waals surface area (Å²) in [5, 5.41) is 18.1. The van der Waals surface area contributed by atoms with Crippen molar-refractivity contribution in [1.29, 1.82) is 0 Å². The maximum atomic E-state index is 13.2. The number of benzene rings is 1. The van der Waals surface area contributed by atoms with Gasteiger partial charge >= 0.3 is 6.55 Å². The fourth-order valence-corrected chi connectivity index (χ4v) is 3.13. The van der Waals surface area contributed by atoms with Crippen LogP contribution in [0.5, 0.6) is 0 Å². The Kier molecular flexibility index (Phi) is 10.1. The highest BCUT2D eigenvalue weighted by atomic mass is 35.5. The van der Waals surface area contributed by atoms with Crippen LogP contribution < -0.4 is 22.1 Å². The third-order valence-electron chi connectivity index (χ3n) is 4.64. The van der Waals surface area contributed by atoms with Gasteiger partial charge in [-0.25, -0.2) is 4.68 Å². The Morgan fingerprint density at radius 2 is 1.88 bits per heavy atom. The Hall–Kier alpha value is -2.83. The second-order valence-corrected chi connectivity index (χ2v) is 7.70. The van der Waals surface area contributed by atoms with E-state index >= 15 is 0 Å². The van der Waals surface area contributed by atoms with Gasteiger partial charge in [-0.15, -0.1) is 35.0 Å². The van der Waals surface area contributed by atoms with Gasteiger partial charge in [-0.3, -0.25) is 4.79 Å². The standard InChI is InChI=1S/C19H25F2N9O.2ClH/c1-9(2)6-13(10(3)22)26-19-27-17(15(16(23)31)28-29-19)25-12-5-4-11-8-24-30(18(20)21)14(11)7-12;;/h4-5,7-10,13,18H,6,22H2,1-3H3,(H2,23,31)(H2,25,26,27,29);2*1H/t10-,13-;;/m0../s1. The number of amides is 1. The van der Waals surface area contributed by atoms with E-state index in [1.54, 1.807) is 12.1 Å². The van der Waals surface area contributed by atoms with Gasteiger partial charge in [-0.05, 0) is 37.5 Å². The molecule has 0 radical (unpaired) electrons. The summed E-state index contributed by atoms with van der Waals surface area (Å²) in [5.74, 6) is -0.251. The van der Waals surface area contributed by atoms with E-state index in [0.29, 0.717) is 21.7 Å². The lowest BCUT2D eigenvalue weighted by Gasteiger charge is -2.24. The molecule has 3 aromatic rings. The summed E-state index contributed by atoms with van der Waals surface area (Å²) < 4.78 is 26.9. The average Bonchev–Trinajstić information content (AvgIpc) is 3.10. The van der Waals surface area contributed by atoms with Gasteiger partial charge in [0, 0.05) is 23.2 Å². The van der Waals surface area contributed by atoms with Gasteiger partial charge in [0.15, 0.2) is 11.5 Å². The number of alkyl halides is 2. The summed E-state index contributed by atoms with van der Waals surface area (Å²) in [6.07, 6.45) is 2.12. The van der Waals surface area contributed by atoms with Crippen molar-refractivity contribution in [2.75, 3.05) is 10.6 Å². The second kappa shape index (κ2) is 11.9. The molecule has 0 saturated carbocycles. The molecule has 6 N–H and O–H groups in total. The Balaban J connectivity index is 0.00000272. The Morgan fingerprint density at radius 1 is 1.18 bits per heavy atom. The second-order valence-electron chi connectivity index (χ2n) is 7.70. The van der Waals surface area contributed by atoms with Crippen molar-refractivity contribution < 1.29 is 13.6 Å². The summed E-state index contributed by atoms with van der Waals surface area (Å²) in [4.78, 5) is 16.1. The molecule has 0 aliphatic heterocycles. The third kappa shape index (κ3) is 6.83. The minimum atomic E-state index is -2.79. The number of nitrogens with one attached hydrogen (secondary N) is 2. The van der Waals surface area contributed by atoms with Crippen molar-refractivity contribution in [1.82, 2.24) is 25.0 Å². The van der Waals surface area contributed by atoms with Crippen molar-refractivity contribution in [2.45, 2.75) is 45.8 Å². The van der Waals surface area contributed by atoms with Crippen molar-refractivity contribution in [3.8, 4) is 0 Å². The Bertz CT molecular complexity index is 1080. The highest BCUT2D eigenvalue weighted by Gasteiger charge is 2.20. The molecule has 14 heteroatoms. The van der Waals surface area contributed by atoms with Crippen LogP contribution in [0.3, 0.4) is 0 Å². The molecule has 2 atom stereocenters. The van der Waals surface area contributed by atoms with Gasteiger partial charge in [-0.1, -0.05) is 13.8 Å². The number of primary amides is 1. The van der Waals surface area contributed by atoms with E-state index in [4.69, 9.17) is 11.5 Å². The quantitative estimate of drug-likeness (QED) is 0.345. The lowest BCUT2D eigenvalue weighted by atomic mass is 9.99. The maximum Gasteiger partial charge on any atom is 0.333 e. The van der Waals surface area contributed by atoms with E-state index in [9.17, 15) is 13.6 Å². The number of aromatic nitrogens is 5. The van der Waals surface area contributed by atoms with E-state index < -0.39 is 12.5 Å². The molecule has 0 saturated heterocycles. The van der Waals surface area contributed by atoms with Gasteiger partial charge in [-0.2, -0.15) is 18.9 Å². The maximum absolute atomic E-state index is 13.2. The number of hydrogen-bond acceptors (Lipinski definition) is 8. The Morgan fingerprint density at radius 3 is 2.45 bits per heavy atom. The monoisotopic (exact) mass is 505 g/mol. The SMILES string of the molecule is CC(C)C[C@H](Nc1nnc(C(N)=O)c(Nc2ccc3cnn(C(F)F)c3c2)n1)[C@H](C)N.Cl.Cl. The minimum Gasteiger partial charge on any atom is -0.364 e. The fourth-order valence-electron chi connectivity index (χ4n) is 3.13. The zero-order valence-electron chi connectivity index (χ0n) is 18.2. The molecule has 0 aliphatic carbocycles. The van der Waals surface area contributed by atoms with Gasteiger partial charge in [0.25, 0.3) is 5.91 Å². The molecule has 0 aliphatic rings. The molecular formula is C19H27Cl2F2N9O. The van der Waals surface area contributed by atoms with E-state index in [0.717, 1.165) is 6.42 Å². The number of carbonyl (C=O) groups excluding carboxylic acids is 1. The van der Waals surface area contributed by atoms with E-state index in [-0.39, 0.29) is 59.9 Å². The molecule has 182 valence electrons. The molecule has 0 unspecified atom stereocenters. The van der Waals surface area contributed by atoms with Crippen LogP contribution in [-0.4, -0.2) is 43.0 Å². The lowest BCUT2D eigenvalue weighted by molar-refractivity contribution is 0.0615. The first kappa shape index (κ1) is 28.2. The third-order valence-corrected chi connectivity index (χ3v) is 4.64. The summed E-state index contributed by atoms with van der Waals surface area (Å²) in [7, 11) is 0. The minimum absolute atomic E-state index is 0. The van der Waals surface area contributed by atoms with Crippen LogP contribution in [0.15, 0.2) is 24.4 Å². The van der Waals surface area contributed by atoms with Crippen LogP contribution in [0.2, 0.25) is 0 Å². The van der Waals surface area contributed by atoms with Crippen molar-refractivity contribution in [3.05, 3.63) is 30.1 Å². The lowest BCUT2D eigenvalue weighted by Crippen LogP contribution is -2.39. The van der Waals surface area contributed by atoms with E-state index in [1.165, 1.54) is 12.3 Å². The summed E-state index contributed by atoms with van der Waals surface area (Å²) in [6, 6.07) is 4.43. The number of carbonyl (C=O) groups is 1. The van der Waals surface area contributed by atoms with Gasteiger partial charge in [0.1, 0.15) is 0 Å². The van der Waals surface area contributed by atoms with E-state index in [2.05, 4.69) is 44.8 Å². The van der Waals surface area contributed by atoms with Crippen molar-refractivity contribution >= 4 is 59.1 Å². The van der Waals surface area contributed by atoms with Crippen molar-refractivity contribution in [2.24, 2.45) is 17.4 Å². The molecule has 0 spiro atoms. The fraction of sp³-hybridized carbons (Fsp3) is 0.421. The summed E-state index contributed by atoms with van der Waals surface area (Å²) >= 11 is 0. The van der Waals surface area contributed by atoms with Gasteiger partial charge in [0.05, 0.1) is 11.7 Å². The molecule has 33 heavy (non-hydrogen) atoms. The number of anilines is 3. The van der Waals surface area contributed by atoms with Crippen LogP contribution in [0, 0.1) is 5.92 Å². The van der Waals surface area contributed by atoms with Crippen LogP contribution in [0.4, 0.5) is 26.2 Å². The normalized spacial score (nSPS) is 12.7. The van der Waals surface area contributed by atoms with Gasteiger partial charge in [0.2, 0.25) is 5.95 Å². The zero-order chi connectivity index (χ0) is 22.7. The first-order valence-electron chi connectivity index (χ1n) is 9.74. The number of fused-ring (bicyclic) bond motifs is 1. The average molecular weight is 506 g/mol. The van der Waals surface area contributed by atoms with Crippen LogP contribution in [-0.2, 0) is 0 Å². The topological polar surface area (TPSA) is 150 Å². The molecule has 0 fully saturated rings. The number of nitrogens with zero attached hydrogens (tertiary/aromatic N) is 5. The number of rotatable bonds is 9. The smallest absolute Gasteiger partial charge is 0.333 e. The van der Waals surface area contributed by atoms with Gasteiger partial charge < -0.3 is 22.1 Å². The molecule has 2 heterocycles. The summed E-state index contributed by atoms with van der Waals surface area (Å²) in [6.45, 7) is 3.21. The predicted molar refractivity (Wildman–Crippen MR) is 128 cm³/mol. The molecule has 2 aromatic heterocycles. The zero-order valence-corrected chi connectivity index (χ0v) is 19.8. The molecular weight excluding hydrogens is 479 g/mol. The highest BCUT2D eigenvalue weighted by Crippen LogP contribution is 2.26. The van der Waals surface area contributed by atoms with Crippen molar-refractivity contribution in [3.63, 3.8) is 0 Å². The largest absolute Gasteiger partial charge is 0.364 e. The van der Waals surface area contributed by atoms with E-state index in [1.807, 2.05) is 6.92 Å². The molecule has 1 aromatic carbocycles. The molecule has 10 nitrogen and oxygen atoms in total. The van der Waals surface area contributed by atoms with Crippen LogP contribution >= 0.6 is 24.8 Å². The van der Waals surface area contributed by atoms with Crippen LogP contribution in [0.25, 0.3) is 10.9 Å². The predicted octanol–water partition coefficient (Wildman–Crippen LogP) is 3.48. The number of hydrogen-bond donors (Lipinski definition) is 4. The summed E-state index contributed by atoms with van der Waals surface area (Å²) in [5.41, 5.74) is 11.9. The first-order chi connectivity index (χ1) is 14.7. The molecule has 3 rings (SSSR count). The first-order valence-corrected chi connectivity index (χ1v) is 9.74. The Labute approximate surface area is 201 Å².